The fraction of sp³-hybridized carbons (Fsp3) is 0.533. The van der Waals surface area contributed by atoms with E-state index in [4.69, 9.17) is 9.84 Å². The number of hydrogen-bond acceptors (Lipinski definition) is 4. The summed E-state index contributed by atoms with van der Waals surface area (Å²) in [5, 5.41) is 8.60. The molecule has 0 aromatic heterocycles. The summed E-state index contributed by atoms with van der Waals surface area (Å²) < 4.78 is 32.9. The van der Waals surface area contributed by atoms with Crippen molar-refractivity contribution in [2.24, 2.45) is 0 Å². The standard InChI is InChI=1S/C15H22N2O5S/c1-16(9-7-13-5-3-2-4-6-13)23(20,21)17-10-8-14(11-17)22-12-15(18)19/h2-6,14H,7-12H2,1H3,(H,18,19)/t14-/m0/s1. The monoisotopic (exact) mass is 342 g/mol. The summed E-state index contributed by atoms with van der Waals surface area (Å²) in [6, 6.07) is 9.70. The molecule has 1 N–H and O–H groups in total. The first-order chi connectivity index (χ1) is 10.9. The van der Waals surface area contributed by atoms with Crippen molar-refractivity contribution >= 4 is 16.2 Å². The van der Waals surface area contributed by atoms with Gasteiger partial charge in [0.1, 0.15) is 6.61 Å². The Bertz CT molecular complexity index is 620. The fourth-order valence-corrected chi connectivity index (χ4v) is 3.88. The summed E-state index contributed by atoms with van der Waals surface area (Å²) in [7, 11) is -1.98. The van der Waals surface area contributed by atoms with Crippen molar-refractivity contribution in [3.05, 3.63) is 35.9 Å². The molecule has 0 amide bonds. The van der Waals surface area contributed by atoms with Gasteiger partial charge in [-0.2, -0.15) is 17.0 Å². The predicted octanol–water partition coefficient (Wildman–Crippen LogP) is 0.581. The SMILES string of the molecule is CN(CCc1ccccc1)S(=O)(=O)N1CC[C@H](OCC(=O)O)C1. The Morgan fingerprint density at radius 3 is 2.74 bits per heavy atom. The molecule has 128 valence electrons. The normalized spacial score (nSPS) is 19.3. The van der Waals surface area contributed by atoms with Crippen LogP contribution in [-0.2, 0) is 26.2 Å². The lowest BCUT2D eigenvalue weighted by Gasteiger charge is -2.24. The molecule has 0 aliphatic carbocycles. The number of rotatable bonds is 8. The zero-order chi connectivity index (χ0) is 16.9. The van der Waals surface area contributed by atoms with E-state index in [9.17, 15) is 13.2 Å². The average molecular weight is 342 g/mol. The largest absolute Gasteiger partial charge is 0.480 e. The number of carbonyl (C=O) groups is 1. The van der Waals surface area contributed by atoms with Gasteiger partial charge in [0.2, 0.25) is 0 Å². The third-order valence-corrected chi connectivity index (χ3v) is 5.78. The van der Waals surface area contributed by atoms with Crippen molar-refractivity contribution in [3.63, 3.8) is 0 Å². The molecule has 23 heavy (non-hydrogen) atoms. The Balaban J connectivity index is 1.87. The van der Waals surface area contributed by atoms with E-state index < -0.39 is 22.8 Å². The van der Waals surface area contributed by atoms with Gasteiger partial charge in [0.15, 0.2) is 0 Å². The number of likely N-dealkylation sites (N-methyl/N-ethyl adjacent to an activating group) is 1. The minimum atomic E-state index is -3.54. The molecule has 1 aliphatic rings. The smallest absolute Gasteiger partial charge is 0.329 e. The van der Waals surface area contributed by atoms with Crippen LogP contribution in [-0.4, -0.2) is 67.5 Å². The highest BCUT2D eigenvalue weighted by Gasteiger charge is 2.34. The summed E-state index contributed by atoms with van der Waals surface area (Å²) in [5.41, 5.74) is 1.08. The number of benzene rings is 1. The Morgan fingerprint density at radius 1 is 1.39 bits per heavy atom. The number of carboxylic acids is 1. The summed E-state index contributed by atoms with van der Waals surface area (Å²) in [6.45, 7) is 0.541. The number of carboxylic acid groups (broad SMARTS) is 1. The first-order valence-corrected chi connectivity index (χ1v) is 8.88. The lowest BCUT2D eigenvalue weighted by molar-refractivity contribution is -0.144. The molecular weight excluding hydrogens is 320 g/mol. The first kappa shape index (κ1) is 17.9. The van der Waals surface area contributed by atoms with Crippen LogP contribution in [0.25, 0.3) is 0 Å². The molecule has 2 rings (SSSR count). The van der Waals surface area contributed by atoms with E-state index in [-0.39, 0.29) is 12.6 Å². The third-order valence-electron chi connectivity index (χ3n) is 3.83. The maximum Gasteiger partial charge on any atom is 0.329 e. The molecule has 8 heteroatoms. The topological polar surface area (TPSA) is 87.2 Å². The average Bonchev–Trinajstić information content (AvgIpc) is 3.01. The molecule has 7 nitrogen and oxygen atoms in total. The maximum atomic E-state index is 12.5. The second kappa shape index (κ2) is 7.87. The highest BCUT2D eigenvalue weighted by Crippen LogP contribution is 2.18. The zero-order valence-corrected chi connectivity index (χ0v) is 13.9. The highest BCUT2D eigenvalue weighted by atomic mass is 32.2. The van der Waals surface area contributed by atoms with Crippen molar-refractivity contribution < 1.29 is 23.1 Å². The van der Waals surface area contributed by atoms with Gasteiger partial charge in [-0.05, 0) is 18.4 Å². The summed E-state index contributed by atoms with van der Waals surface area (Å²) in [5.74, 6) is -1.05. The number of hydrogen-bond donors (Lipinski definition) is 1. The van der Waals surface area contributed by atoms with Crippen LogP contribution in [0.2, 0.25) is 0 Å². The number of aliphatic carboxylic acids is 1. The molecule has 0 bridgehead atoms. The van der Waals surface area contributed by atoms with Crippen molar-refractivity contribution in [1.29, 1.82) is 0 Å². The molecule has 1 fully saturated rings. The van der Waals surface area contributed by atoms with Gasteiger partial charge >= 0.3 is 5.97 Å². The predicted molar refractivity (Wildman–Crippen MR) is 85.3 cm³/mol. The van der Waals surface area contributed by atoms with Crippen LogP contribution >= 0.6 is 0 Å². The van der Waals surface area contributed by atoms with Gasteiger partial charge in [-0.25, -0.2) is 4.79 Å². The van der Waals surface area contributed by atoms with Crippen LogP contribution in [0.5, 0.6) is 0 Å². The van der Waals surface area contributed by atoms with E-state index in [2.05, 4.69) is 0 Å². The van der Waals surface area contributed by atoms with Crippen LogP contribution in [0.3, 0.4) is 0 Å². The Hall–Kier alpha value is -1.48. The molecule has 1 saturated heterocycles. The van der Waals surface area contributed by atoms with Gasteiger partial charge in [0.25, 0.3) is 10.2 Å². The van der Waals surface area contributed by atoms with E-state index in [1.165, 1.54) is 8.61 Å². The minimum Gasteiger partial charge on any atom is -0.480 e. The van der Waals surface area contributed by atoms with E-state index in [1.54, 1.807) is 7.05 Å². The van der Waals surface area contributed by atoms with E-state index in [0.29, 0.717) is 25.9 Å². The van der Waals surface area contributed by atoms with Crippen molar-refractivity contribution in [3.8, 4) is 0 Å². The van der Waals surface area contributed by atoms with Crippen molar-refractivity contribution in [1.82, 2.24) is 8.61 Å². The van der Waals surface area contributed by atoms with Gasteiger partial charge in [-0.15, -0.1) is 0 Å². The van der Waals surface area contributed by atoms with Crippen LogP contribution < -0.4 is 0 Å². The molecule has 1 heterocycles. The minimum absolute atomic E-state index is 0.200. The Labute approximate surface area is 136 Å². The molecule has 0 unspecified atom stereocenters. The Kier molecular flexibility index (Phi) is 6.11. The zero-order valence-electron chi connectivity index (χ0n) is 13.1. The highest BCUT2D eigenvalue weighted by molar-refractivity contribution is 7.86. The molecule has 1 atom stereocenters. The van der Waals surface area contributed by atoms with Crippen LogP contribution in [0.4, 0.5) is 0 Å². The molecule has 1 aromatic carbocycles. The fourth-order valence-electron chi connectivity index (χ4n) is 2.48. The molecule has 0 radical (unpaired) electrons. The van der Waals surface area contributed by atoms with Gasteiger partial charge < -0.3 is 9.84 Å². The maximum absolute atomic E-state index is 12.5. The van der Waals surface area contributed by atoms with Gasteiger partial charge in [-0.3, -0.25) is 0 Å². The third kappa shape index (κ3) is 5.00. The van der Waals surface area contributed by atoms with Crippen LogP contribution in [0.1, 0.15) is 12.0 Å². The van der Waals surface area contributed by atoms with Gasteiger partial charge in [0, 0.05) is 26.7 Å². The molecular formula is C15H22N2O5S. The van der Waals surface area contributed by atoms with Crippen molar-refractivity contribution in [2.45, 2.75) is 18.9 Å². The van der Waals surface area contributed by atoms with Crippen LogP contribution in [0, 0.1) is 0 Å². The Morgan fingerprint density at radius 2 is 2.09 bits per heavy atom. The van der Waals surface area contributed by atoms with E-state index in [0.717, 1.165) is 5.56 Å². The molecule has 1 aromatic rings. The first-order valence-electron chi connectivity index (χ1n) is 7.48. The second-order valence-corrected chi connectivity index (χ2v) is 7.57. The second-order valence-electron chi connectivity index (χ2n) is 5.54. The summed E-state index contributed by atoms with van der Waals surface area (Å²) in [6.07, 6.45) is 0.797. The lowest BCUT2D eigenvalue weighted by Crippen LogP contribution is -2.42. The van der Waals surface area contributed by atoms with Crippen molar-refractivity contribution in [2.75, 3.05) is 33.3 Å². The molecule has 0 saturated carbocycles. The molecule has 0 spiro atoms. The van der Waals surface area contributed by atoms with E-state index >= 15 is 0 Å². The quantitative estimate of drug-likeness (QED) is 0.747. The summed E-state index contributed by atoms with van der Waals surface area (Å²) >= 11 is 0. The summed E-state index contributed by atoms with van der Waals surface area (Å²) in [4.78, 5) is 10.5. The van der Waals surface area contributed by atoms with E-state index in [1.807, 2.05) is 30.3 Å². The number of nitrogens with zero attached hydrogens (tertiary/aromatic N) is 2. The van der Waals surface area contributed by atoms with Gasteiger partial charge in [0.05, 0.1) is 6.10 Å². The van der Waals surface area contributed by atoms with Gasteiger partial charge in [-0.1, -0.05) is 30.3 Å². The van der Waals surface area contributed by atoms with Crippen LogP contribution in [0.15, 0.2) is 30.3 Å². The molecule has 1 aliphatic heterocycles. The number of ether oxygens (including phenoxy) is 1. The lowest BCUT2D eigenvalue weighted by atomic mass is 10.2.